The summed E-state index contributed by atoms with van der Waals surface area (Å²) in [7, 11) is 1.59. The van der Waals surface area contributed by atoms with Crippen molar-refractivity contribution in [3.8, 4) is 11.1 Å². The number of fused-ring (bicyclic) bond motifs is 1. The average molecular weight is 400 g/mol. The molecule has 0 saturated carbocycles. The summed E-state index contributed by atoms with van der Waals surface area (Å²) in [6, 6.07) is 7.42. The van der Waals surface area contributed by atoms with Gasteiger partial charge >= 0.3 is 0 Å². The second-order valence-corrected chi connectivity index (χ2v) is 7.99. The van der Waals surface area contributed by atoms with Crippen LogP contribution in [0.4, 0.5) is 0 Å². The van der Waals surface area contributed by atoms with Crippen molar-refractivity contribution in [1.82, 2.24) is 9.55 Å². The van der Waals surface area contributed by atoms with Gasteiger partial charge in [0.15, 0.2) is 0 Å². The highest BCUT2D eigenvalue weighted by atomic mass is 32.1. The highest BCUT2D eigenvalue weighted by molar-refractivity contribution is 7.17. The van der Waals surface area contributed by atoms with Crippen molar-refractivity contribution in [2.24, 2.45) is 5.73 Å². The SMILES string of the molecule is COCCc1nc2scc(-c3ccc(C(C)C)cc3)c2c(=O)n1C(C)C(N)=O. The third kappa shape index (κ3) is 3.72. The topological polar surface area (TPSA) is 87.2 Å². The molecule has 0 aliphatic rings. The molecule has 28 heavy (non-hydrogen) atoms. The van der Waals surface area contributed by atoms with Gasteiger partial charge in [0, 0.05) is 24.5 Å². The Labute approximate surface area is 168 Å². The Bertz CT molecular complexity index is 1050. The lowest BCUT2D eigenvalue weighted by Gasteiger charge is -2.17. The molecule has 0 radical (unpaired) electrons. The molecular formula is C21H25N3O3S. The van der Waals surface area contributed by atoms with E-state index in [1.165, 1.54) is 21.5 Å². The van der Waals surface area contributed by atoms with E-state index in [9.17, 15) is 9.59 Å². The zero-order valence-electron chi connectivity index (χ0n) is 16.6. The third-order valence-corrected chi connectivity index (χ3v) is 5.80. The molecule has 2 aromatic heterocycles. The monoisotopic (exact) mass is 399 g/mol. The lowest BCUT2D eigenvalue weighted by atomic mass is 9.99. The van der Waals surface area contributed by atoms with Gasteiger partial charge in [0.2, 0.25) is 5.91 Å². The molecule has 7 heteroatoms. The summed E-state index contributed by atoms with van der Waals surface area (Å²) in [4.78, 5) is 30.5. The largest absolute Gasteiger partial charge is 0.384 e. The second-order valence-electron chi connectivity index (χ2n) is 7.13. The predicted octanol–water partition coefficient (Wildman–Crippen LogP) is 3.48. The molecule has 6 nitrogen and oxygen atoms in total. The Hall–Kier alpha value is -2.51. The third-order valence-electron chi connectivity index (χ3n) is 4.93. The summed E-state index contributed by atoms with van der Waals surface area (Å²) in [5, 5.41) is 2.47. The highest BCUT2D eigenvalue weighted by Gasteiger charge is 2.22. The van der Waals surface area contributed by atoms with Gasteiger partial charge in [0.1, 0.15) is 16.7 Å². The minimum absolute atomic E-state index is 0.244. The first-order valence-electron chi connectivity index (χ1n) is 9.26. The molecule has 1 amide bonds. The molecular weight excluding hydrogens is 374 g/mol. The van der Waals surface area contributed by atoms with Crippen molar-refractivity contribution in [2.75, 3.05) is 13.7 Å². The van der Waals surface area contributed by atoms with Gasteiger partial charge in [-0.25, -0.2) is 4.98 Å². The molecule has 1 unspecified atom stereocenters. The molecule has 0 spiro atoms. The molecule has 0 saturated heterocycles. The number of carbonyl (C=O) groups excluding carboxylic acids is 1. The number of amides is 1. The van der Waals surface area contributed by atoms with Crippen LogP contribution in [0.3, 0.4) is 0 Å². The fraction of sp³-hybridized carbons (Fsp3) is 0.381. The Kier molecular flexibility index (Phi) is 5.96. The summed E-state index contributed by atoms with van der Waals surface area (Å²) in [5.74, 6) is 0.376. The molecule has 148 valence electrons. The maximum atomic E-state index is 13.4. The normalized spacial score (nSPS) is 12.6. The number of primary amides is 1. The van der Waals surface area contributed by atoms with Gasteiger partial charge in [-0.1, -0.05) is 38.1 Å². The molecule has 0 bridgehead atoms. The number of methoxy groups -OCH3 is 1. The number of thiophene rings is 1. The van der Waals surface area contributed by atoms with E-state index in [0.29, 0.717) is 35.0 Å². The van der Waals surface area contributed by atoms with Crippen molar-refractivity contribution >= 4 is 27.5 Å². The molecule has 0 fully saturated rings. The number of ether oxygens (including phenoxy) is 1. The summed E-state index contributed by atoms with van der Waals surface area (Å²) in [5.41, 5.74) is 8.27. The van der Waals surface area contributed by atoms with E-state index in [1.54, 1.807) is 14.0 Å². The molecule has 2 N–H and O–H groups in total. The Balaban J connectivity index is 2.21. The number of carbonyl (C=O) groups is 1. The van der Waals surface area contributed by atoms with E-state index in [4.69, 9.17) is 10.5 Å². The quantitative estimate of drug-likeness (QED) is 0.659. The van der Waals surface area contributed by atoms with Crippen LogP contribution in [0.1, 0.15) is 44.1 Å². The van der Waals surface area contributed by atoms with E-state index in [2.05, 4.69) is 31.0 Å². The Morgan fingerprint density at radius 1 is 1.25 bits per heavy atom. The number of nitrogens with two attached hydrogens (primary N) is 1. The molecule has 0 aliphatic heterocycles. The Morgan fingerprint density at radius 3 is 2.50 bits per heavy atom. The van der Waals surface area contributed by atoms with Crippen LogP contribution in [-0.4, -0.2) is 29.2 Å². The van der Waals surface area contributed by atoms with Crippen LogP contribution in [0.25, 0.3) is 21.3 Å². The smallest absolute Gasteiger partial charge is 0.263 e. The van der Waals surface area contributed by atoms with E-state index >= 15 is 0 Å². The average Bonchev–Trinajstić information content (AvgIpc) is 3.10. The molecule has 3 aromatic rings. The molecule has 1 aromatic carbocycles. The predicted molar refractivity (Wildman–Crippen MR) is 113 cm³/mol. The van der Waals surface area contributed by atoms with Gasteiger partial charge in [0.25, 0.3) is 5.56 Å². The molecule has 3 rings (SSSR count). The Morgan fingerprint density at radius 2 is 1.93 bits per heavy atom. The van der Waals surface area contributed by atoms with E-state index in [1.807, 2.05) is 17.5 Å². The first kappa shape index (κ1) is 20.2. The van der Waals surface area contributed by atoms with Crippen LogP contribution in [0.2, 0.25) is 0 Å². The van der Waals surface area contributed by atoms with Crippen molar-refractivity contribution in [3.05, 3.63) is 51.4 Å². The fourth-order valence-corrected chi connectivity index (χ4v) is 4.16. The number of hydrogen-bond donors (Lipinski definition) is 1. The minimum Gasteiger partial charge on any atom is -0.384 e. The first-order valence-corrected chi connectivity index (χ1v) is 10.1. The number of hydrogen-bond acceptors (Lipinski definition) is 5. The minimum atomic E-state index is -0.785. The lowest BCUT2D eigenvalue weighted by Crippen LogP contribution is -2.35. The maximum Gasteiger partial charge on any atom is 0.263 e. The van der Waals surface area contributed by atoms with Crippen LogP contribution >= 0.6 is 11.3 Å². The van der Waals surface area contributed by atoms with Gasteiger partial charge in [-0.15, -0.1) is 11.3 Å². The van der Waals surface area contributed by atoms with E-state index < -0.39 is 11.9 Å². The summed E-state index contributed by atoms with van der Waals surface area (Å²) >= 11 is 1.43. The summed E-state index contributed by atoms with van der Waals surface area (Å²) in [6.45, 7) is 6.31. The first-order chi connectivity index (χ1) is 13.3. The second kappa shape index (κ2) is 8.24. The van der Waals surface area contributed by atoms with Crippen molar-refractivity contribution < 1.29 is 9.53 Å². The number of nitrogens with zero attached hydrogens (tertiary/aromatic N) is 2. The summed E-state index contributed by atoms with van der Waals surface area (Å²) < 4.78 is 6.53. The van der Waals surface area contributed by atoms with Gasteiger partial charge in [-0.3, -0.25) is 14.2 Å². The standard InChI is InChI=1S/C21H25N3O3S/c1-12(2)14-5-7-15(8-6-14)16-11-28-20-18(16)21(26)24(13(3)19(22)25)17(23-20)9-10-27-4/h5-8,11-13H,9-10H2,1-4H3,(H2,22,25). The van der Waals surface area contributed by atoms with Gasteiger partial charge in [-0.05, 0) is 24.0 Å². The zero-order valence-corrected chi connectivity index (χ0v) is 17.4. The maximum absolute atomic E-state index is 13.4. The number of rotatable bonds is 7. The van der Waals surface area contributed by atoms with E-state index in [-0.39, 0.29) is 5.56 Å². The fourth-order valence-electron chi connectivity index (χ4n) is 3.20. The van der Waals surface area contributed by atoms with Crippen LogP contribution in [0, 0.1) is 0 Å². The van der Waals surface area contributed by atoms with Crippen molar-refractivity contribution in [1.29, 1.82) is 0 Å². The number of benzene rings is 1. The number of aromatic nitrogens is 2. The molecule has 0 aliphatic carbocycles. The molecule has 1 atom stereocenters. The zero-order chi connectivity index (χ0) is 20.4. The lowest BCUT2D eigenvalue weighted by molar-refractivity contribution is -0.120. The van der Waals surface area contributed by atoms with Crippen LogP contribution in [-0.2, 0) is 16.0 Å². The van der Waals surface area contributed by atoms with Gasteiger partial charge < -0.3 is 10.5 Å². The highest BCUT2D eigenvalue weighted by Crippen LogP contribution is 2.32. The van der Waals surface area contributed by atoms with E-state index in [0.717, 1.165) is 11.1 Å². The van der Waals surface area contributed by atoms with Crippen molar-refractivity contribution in [2.45, 2.75) is 39.2 Å². The molecule has 2 heterocycles. The van der Waals surface area contributed by atoms with Gasteiger partial charge in [0.05, 0.1) is 12.0 Å². The summed E-state index contributed by atoms with van der Waals surface area (Å²) in [6.07, 6.45) is 0.426. The van der Waals surface area contributed by atoms with Crippen molar-refractivity contribution in [3.63, 3.8) is 0 Å². The van der Waals surface area contributed by atoms with Crippen LogP contribution in [0.15, 0.2) is 34.4 Å². The van der Waals surface area contributed by atoms with Crippen LogP contribution in [0.5, 0.6) is 0 Å². The van der Waals surface area contributed by atoms with Crippen LogP contribution < -0.4 is 11.3 Å². The van der Waals surface area contributed by atoms with Gasteiger partial charge in [-0.2, -0.15) is 0 Å².